The third-order valence-electron chi connectivity index (χ3n) is 3.92. The standard InChI is InChI=1S/C15H19NO6S2/c1-4-10-6-12(23(17,18)19)7-11-8-13(24(20,21)22)9-14(15(10)11)16(3)5-2/h6-9H,4-5H2,1-3H3,(H,17,18,19)(H,20,21,22). The van der Waals surface area contributed by atoms with Crippen molar-refractivity contribution < 1.29 is 25.9 Å². The highest BCUT2D eigenvalue weighted by atomic mass is 32.2. The van der Waals surface area contributed by atoms with Crippen LogP contribution in [0.1, 0.15) is 19.4 Å². The molecule has 0 fully saturated rings. The van der Waals surface area contributed by atoms with Gasteiger partial charge in [0.15, 0.2) is 0 Å². The highest BCUT2D eigenvalue weighted by Crippen LogP contribution is 2.35. The highest BCUT2D eigenvalue weighted by Gasteiger charge is 2.20. The van der Waals surface area contributed by atoms with Crippen molar-refractivity contribution in [3.05, 3.63) is 29.8 Å². The molecule has 0 spiro atoms. The van der Waals surface area contributed by atoms with Crippen molar-refractivity contribution in [1.82, 2.24) is 0 Å². The largest absolute Gasteiger partial charge is 0.374 e. The van der Waals surface area contributed by atoms with Gasteiger partial charge < -0.3 is 4.90 Å². The van der Waals surface area contributed by atoms with Crippen molar-refractivity contribution in [3.8, 4) is 0 Å². The number of nitrogens with zero attached hydrogens (tertiary/aromatic N) is 1. The topological polar surface area (TPSA) is 112 Å². The van der Waals surface area contributed by atoms with E-state index in [-0.39, 0.29) is 9.79 Å². The molecule has 0 atom stereocenters. The first-order valence-corrected chi connectivity index (χ1v) is 10.1. The monoisotopic (exact) mass is 373 g/mol. The molecule has 0 aromatic heterocycles. The zero-order valence-electron chi connectivity index (χ0n) is 13.5. The van der Waals surface area contributed by atoms with Crippen LogP contribution in [0.25, 0.3) is 10.8 Å². The summed E-state index contributed by atoms with van der Waals surface area (Å²) in [5.74, 6) is 0. The average Bonchev–Trinajstić information content (AvgIpc) is 2.49. The Bertz CT molecular complexity index is 991. The smallest absolute Gasteiger partial charge is 0.294 e. The molecule has 0 aliphatic heterocycles. The van der Waals surface area contributed by atoms with Gasteiger partial charge in [-0.05, 0) is 48.6 Å². The highest BCUT2D eigenvalue weighted by molar-refractivity contribution is 7.86. The fourth-order valence-electron chi connectivity index (χ4n) is 2.57. The van der Waals surface area contributed by atoms with Gasteiger partial charge in [0.1, 0.15) is 0 Å². The third kappa shape index (κ3) is 3.54. The summed E-state index contributed by atoms with van der Waals surface area (Å²) >= 11 is 0. The van der Waals surface area contributed by atoms with Gasteiger partial charge >= 0.3 is 0 Å². The molecule has 2 aromatic carbocycles. The minimum Gasteiger partial charge on any atom is -0.374 e. The number of rotatable bonds is 5. The van der Waals surface area contributed by atoms with Crippen LogP contribution in [0.15, 0.2) is 34.1 Å². The second-order valence-electron chi connectivity index (χ2n) is 5.44. The normalized spacial score (nSPS) is 12.5. The van der Waals surface area contributed by atoms with Crippen LogP contribution in [0.5, 0.6) is 0 Å². The van der Waals surface area contributed by atoms with E-state index >= 15 is 0 Å². The molecule has 2 aromatic rings. The van der Waals surface area contributed by atoms with Crippen LogP contribution in [0.4, 0.5) is 5.69 Å². The second kappa shape index (κ2) is 6.32. The van der Waals surface area contributed by atoms with Gasteiger partial charge in [-0.3, -0.25) is 9.11 Å². The second-order valence-corrected chi connectivity index (χ2v) is 8.28. The molecular weight excluding hydrogens is 354 g/mol. The van der Waals surface area contributed by atoms with Crippen molar-refractivity contribution in [2.75, 3.05) is 18.5 Å². The molecule has 9 heteroatoms. The number of hydrogen-bond acceptors (Lipinski definition) is 5. The van der Waals surface area contributed by atoms with E-state index in [1.165, 1.54) is 24.3 Å². The first-order chi connectivity index (χ1) is 11.0. The lowest BCUT2D eigenvalue weighted by atomic mass is 10.0. The molecule has 0 saturated carbocycles. The Hall–Kier alpha value is -1.68. The van der Waals surface area contributed by atoms with Crippen LogP contribution in [0.3, 0.4) is 0 Å². The molecule has 0 aliphatic rings. The molecule has 0 aliphatic carbocycles. The summed E-state index contributed by atoms with van der Waals surface area (Å²) in [5.41, 5.74) is 1.21. The number of aryl methyl sites for hydroxylation is 1. The van der Waals surface area contributed by atoms with Crippen molar-refractivity contribution in [2.45, 2.75) is 30.1 Å². The Balaban J connectivity index is 3.03. The zero-order valence-corrected chi connectivity index (χ0v) is 15.1. The van der Waals surface area contributed by atoms with Crippen LogP contribution in [-0.2, 0) is 26.7 Å². The molecule has 132 valence electrons. The van der Waals surface area contributed by atoms with Crippen molar-refractivity contribution in [2.24, 2.45) is 0 Å². The predicted octanol–water partition coefficient (Wildman–Crippen LogP) is 2.35. The van der Waals surface area contributed by atoms with Gasteiger partial charge in [0, 0.05) is 24.7 Å². The number of anilines is 1. The van der Waals surface area contributed by atoms with E-state index in [9.17, 15) is 25.9 Å². The Morgan fingerprint density at radius 2 is 1.42 bits per heavy atom. The first kappa shape index (κ1) is 18.7. The zero-order chi connectivity index (χ0) is 18.3. The van der Waals surface area contributed by atoms with Crippen molar-refractivity contribution >= 4 is 36.7 Å². The summed E-state index contributed by atoms with van der Waals surface area (Å²) in [6, 6.07) is 5.13. The lowest BCUT2D eigenvalue weighted by molar-refractivity contribution is 0.481. The molecule has 2 rings (SSSR count). The van der Waals surface area contributed by atoms with E-state index in [0.29, 0.717) is 35.0 Å². The molecule has 0 bridgehead atoms. The number of fused-ring (bicyclic) bond motifs is 1. The van der Waals surface area contributed by atoms with Crippen LogP contribution in [0, 0.1) is 0 Å². The Labute approximate surface area is 141 Å². The maximum Gasteiger partial charge on any atom is 0.294 e. The molecule has 0 amide bonds. The average molecular weight is 373 g/mol. The Morgan fingerprint density at radius 1 is 0.917 bits per heavy atom. The summed E-state index contributed by atoms with van der Waals surface area (Å²) in [6.07, 6.45) is 0.482. The van der Waals surface area contributed by atoms with E-state index in [0.717, 1.165) is 0 Å². The molecule has 2 N–H and O–H groups in total. The minimum absolute atomic E-state index is 0.312. The van der Waals surface area contributed by atoms with Gasteiger partial charge in [-0.25, -0.2) is 0 Å². The predicted molar refractivity (Wildman–Crippen MR) is 91.9 cm³/mol. The van der Waals surface area contributed by atoms with Crippen molar-refractivity contribution in [1.29, 1.82) is 0 Å². The summed E-state index contributed by atoms with van der Waals surface area (Å²) in [6.45, 7) is 4.28. The van der Waals surface area contributed by atoms with E-state index in [1.807, 2.05) is 13.8 Å². The summed E-state index contributed by atoms with van der Waals surface area (Å²) in [5, 5.41) is 0.994. The van der Waals surface area contributed by atoms with E-state index < -0.39 is 20.2 Å². The van der Waals surface area contributed by atoms with E-state index in [4.69, 9.17) is 0 Å². The van der Waals surface area contributed by atoms with Gasteiger partial charge in [-0.15, -0.1) is 0 Å². The number of hydrogen-bond donors (Lipinski definition) is 2. The minimum atomic E-state index is -4.47. The summed E-state index contributed by atoms with van der Waals surface area (Å²) < 4.78 is 64.7. The molecule has 24 heavy (non-hydrogen) atoms. The van der Waals surface area contributed by atoms with Gasteiger partial charge in [0.25, 0.3) is 20.2 Å². The molecular formula is C15H19NO6S2. The molecule has 0 saturated heterocycles. The van der Waals surface area contributed by atoms with Gasteiger partial charge in [0.2, 0.25) is 0 Å². The maximum absolute atomic E-state index is 11.5. The van der Waals surface area contributed by atoms with Crippen LogP contribution in [0.2, 0.25) is 0 Å². The lowest BCUT2D eigenvalue weighted by Crippen LogP contribution is -2.17. The van der Waals surface area contributed by atoms with Crippen LogP contribution >= 0.6 is 0 Å². The van der Waals surface area contributed by atoms with E-state index in [2.05, 4.69) is 0 Å². The van der Waals surface area contributed by atoms with Crippen molar-refractivity contribution in [3.63, 3.8) is 0 Å². The third-order valence-corrected chi connectivity index (χ3v) is 5.58. The lowest BCUT2D eigenvalue weighted by Gasteiger charge is -2.22. The first-order valence-electron chi connectivity index (χ1n) is 7.25. The quantitative estimate of drug-likeness (QED) is 0.774. The van der Waals surface area contributed by atoms with E-state index in [1.54, 1.807) is 11.9 Å². The van der Waals surface area contributed by atoms with Crippen LogP contribution in [-0.4, -0.2) is 39.5 Å². The molecule has 7 nitrogen and oxygen atoms in total. The SMILES string of the molecule is CCc1cc(S(=O)(=O)O)cc2cc(S(=O)(=O)O)cc(N(C)CC)c12. The van der Waals surface area contributed by atoms with Gasteiger partial charge in [-0.2, -0.15) is 16.8 Å². The van der Waals surface area contributed by atoms with Gasteiger partial charge in [-0.1, -0.05) is 6.92 Å². The number of benzene rings is 2. The summed E-state index contributed by atoms with van der Waals surface area (Å²) in [4.78, 5) is 1.15. The van der Waals surface area contributed by atoms with Gasteiger partial charge in [0.05, 0.1) is 9.79 Å². The molecule has 0 heterocycles. The fraction of sp³-hybridized carbons (Fsp3) is 0.333. The maximum atomic E-state index is 11.5. The molecule has 0 radical (unpaired) electrons. The van der Waals surface area contributed by atoms with Crippen LogP contribution < -0.4 is 4.90 Å². The Kier molecular flexibility index (Phi) is 4.91. The Morgan fingerprint density at radius 3 is 1.83 bits per heavy atom. The fourth-order valence-corrected chi connectivity index (χ4v) is 3.68. The summed E-state index contributed by atoms with van der Waals surface area (Å²) in [7, 11) is -7.14. The molecule has 0 unspecified atom stereocenters.